The summed E-state index contributed by atoms with van der Waals surface area (Å²) in [5, 5.41) is 11.9. The van der Waals surface area contributed by atoms with Gasteiger partial charge in [-0.3, -0.25) is 9.36 Å². The molecule has 11 rings (SSSR count). The molecule has 0 saturated heterocycles. The smallest absolute Gasteiger partial charge is 0.256 e. The van der Waals surface area contributed by atoms with E-state index in [0.29, 0.717) is 5.95 Å². The van der Waals surface area contributed by atoms with E-state index < -0.39 is 0 Å². The van der Waals surface area contributed by atoms with E-state index >= 15 is 0 Å². The zero-order valence-electron chi connectivity index (χ0n) is 26.8. The number of aromatic nitrogens is 3. The normalized spacial score (nSPS) is 17.6. The van der Waals surface area contributed by atoms with Crippen LogP contribution in [-0.4, -0.2) is 20.4 Å². The second-order valence-electron chi connectivity index (χ2n) is 13.3. The van der Waals surface area contributed by atoms with Gasteiger partial charge in [-0.1, -0.05) is 140 Å². The van der Waals surface area contributed by atoms with Crippen LogP contribution in [-0.2, 0) is 0 Å². The summed E-state index contributed by atoms with van der Waals surface area (Å²) >= 11 is 0. The first kappa shape index (κ1) is 27.4. The van der Waals surface area contributed by atoms with Gasteiger partial charge >= 0.3 is 0 Å². The van der Waals surface area contributed by atoms with Gasteiger partial charge in [-0.2, -0.15) is 0 Å². The zero-order valence-corrected chi connectivity index (χ0v) is 26.8. The van der Waals surface area contributed by atoms with E-state index in [1.54, 1.807) is 0 Å². The summed E-state index contributed by atoms with van der Waals surface area (Å²) in [4.78, 5) is 25.2. The number of rotatable bonds is 2. The zero-order chi connectivity index (χ0) is 32.9. The van der Waals surface area contributed by atoms with Crippen LogP contribution in [0.5, 0.6) is 0 Å². The van der Waals surface area contributed by atoms with E-state index in [9.17, 15) is 4.79 Å². The Hall–Kier alpha value is -6.59. The van der Waals surface area contributed by atoms with Gasteiger partial charge in [0, 0.05) is 40.2 Å². The molecule has 3 aliphatic rings. The Morgan fingerprint density at radius 1 is 0.660 bits per heavy atom. The highest BCUT2D eigenvalue weighted by Crippen LogP contribution is 2.46. The quantitative estimate of drug-likeness (QED) is 0.193. The van der Waals surface area contributed by atoms with Gasteiger partial charge in [0.05, 0.1) is 33.3 Å². The molecule has 2 aromatic heterocycles. The van der Waals surface area contributed by atoms with E-state index in [0.717, 1.165) is 82.0 Å². The predicted octanol–water partition coefficient (Wildman–Crippen LogP) is 8.34. The first-order valence-corrected chi connectivity index (χ1v) is 17.1. The van der Waals surface area contributed by atoms with Gasteiger partial charge in [0.2, 0.25) is 5.95 Å². The molecule has 6 aromatic carbocycles. The van der Waals surface area contributed by atoms with E-state index in [2.05, 4.69) is 143 Å². The number of nitrogens with one attached hydrogen (secondary N) is 1. The molecular weight excluding hydrogens is 613 g/mol. The third kappa shape index (κ3) is 3.69. The number of para-hydroxylation sites is 1. The Morgan fingerprint density at radius 3 is 2.24 bits per heavy atom. The lowest BCUT2D eigenvalue weighted by atomic mass is 9.70. The first-order chi connectivity index (χ1) is 24.7. The Morgan fingerprint density at radius 2 is 1.38 bits per heavy atom. The number of benzene rings is 6. The molecule has 0 radical (unpaired) electrons. The lowest BCUT2D eigenvalue weighted by Gasteiger charge is -2.37. The monoisotopic (exact) mass is 642 g/mol. The fourth-order valence-corrected chi connectivity index (χ4v) is 8.66. The third-order valence-electron chi connectivity index (χ3n) is 10.8. The van der Waals surface area contributed by atoms with Crippen molar-refractivity contribution in [2.24, 2.45) is 5.92 Å². The van der Waals surface area contributed by atoms with Crippen LogP contribution in [0.25, 0.3) is 71.8 Å². The fraction of sp³-hybridized carbons (Fsp3) is 0.0444. The fourth-order valence-electron chi connectivity index (χ4n) is 8.66. The van der Waals surface area contributed by atoms with Crippen molar-refractivity contribution in [3.05, 3.63) is 173 Å². The van der Waals surface area contributed by atoms with Gasteiger partial charge in [0.1, 0.15) is 0 Å². The number of hydrogen-bond donors (Lipinski definition) is 1. The van der Waals surface area contributed by atoms with Crippen LogP contribution in [0.3, 0.4) is 0 Å². The molecule has 0 spiro atoms. The van der Waals surface area contributed by atoms with Crippen LogP contribution < -0.4 is 15.9 Å². The summed E-state index contributed by atoms with van der Waals surface area (Å²) in [6.45, 7) is 0. The first-order valence-electron chi connectivity index (χ1n) is 17.1. The van der Waals surface area contributed by atoms with Gasteiger partial charge in [0.15, 0.2) is 0 Å². The summed E-state index contributed by atoms with van der Waals surface area (Å²) in [6.07, 6.45) is 8.80. The maximum absolute atomic E-state index is 14.3. The Balaban J connectivity index is 0.00000327. The van der Waals surface area contributed by atoms with Crippen molar-refractivity contribution >= 4 is 60.5 Å². The maximum Gasteiger partial charge on any atom is 0.256 e. The number of nitrogens with zero attached hydrogens (tertiary/aromatic N) is 3. The van der Waals surface area contributed by atoms with E-state index in [1.165, 1.54) is 5.57 Å². The van der Waals surface area contributed by atoms with Crippen LogP contribution in [0.1, 0.15) is 23.3 Å². The van der Waals surface area contributed by atoms with Crippen molar-refractivity contribution in [2.45, 2.75) is 5.92 Å². The van der Waals surface area contributed by atoms with Gasteiger partial charge in [-0.05, 0) is 39.4 Å². The third-order valence-corrected chi connectivity index (χ3v) is 10.8. The molecule has 236 valence electrons. The summed E-state index contributed by atoms with van der Waals surface area (Å²) in [5.74, 6) is 0.432. The second-order valence-corrected chi connectivity index (χ2v) is 13.3. The molecule has 1 amide bonds. The molecule has 0 fully saturated rings. The van der Waals surface area contributed by atoms with Gasteiger partial charge in [-0.25, -0.2) is 9.97 Å². The van der Waals surface area contributed by atoms with Crippen molar-refractivity contribution in [1.29, 1.82) is 0 Å². The van der Waals surface area contributed by atoms with Crippen molar-refractivity contribution in [3.63, 3.8) is 0 Å². The molecule has 3 heterocycles. The van der Waals surface area contributed by atoms with Crippen LogP contribution in [0.4, 0.5) is 0 Å². The minimum Gasteiger partial charge on any atom is -0.323 e. The van der Waals surface area contributed by atoms with Crippen LogP contribution in [0, 0.1) is 5.92 Å². The molecule has 2 atom stereocenters. The number of allylic oxidation sites excluding steroid dienone is 4. The average molecular weight is 643 g/mol. The minimum atomic E-state index is -0.103. The lowest BCUT2D eigenvalue weighted by molar-refractivity contribution is 0.0966. The molecule has 1 aliphatic heterocycles. The number of carbonyl (C=O) groups excluding carboxylic acids is 1. The Kier molecular flexibility index (Phi) is 5.59. The van der Waals surface area contributed by atoms with Gasteiger partial charge in [-0.15, -0.1) is 0 Å². The van der Waals surface area contributed by atoms with Crippen molar-refractivity contribution in [2.75, 3.05) is 0 Å². The standard InChI is InChI=1S/C45H28N4O.H2/c50-44-39-29-16-6-4-12-26(29)22-24-34(39)37-31-18-8-9-19-32(31)38-33-20-10-11-21-36(33)49(43(38)42(37)46-44)45-47-40(28-14-2-1-3-15-28)35-25-23-27-13-5-7-17-30(27)41(35)48-45;/h1-25,31,37H,(H,46,50);1H. The van der Waals surface area contributed by atoms with Gasteiger partial charge in [0.25, 0.3) is 5.91 Å². The topological polar surface area (TPSA) is 59.8 Å². The molecule has 5 nitrogen and oxygen atoms in total. The molecule has 5 heteroatoms. The molecular formula is C45H30N4O. The molecule has 50 heavy (non-hydrogen) atoms. The Bertz CT molecular complexity index is 2990. The van der Waals surface area contributed by atoms with E-state index in [-0.39, 0.29) is 19.2 Å². The number of hydrogen-bond acceptors (Lipinski definition) is 3. The number of amides is 1. The number of carbonyl (C=O) groups is 1. The highest BCUT2D eigenvalue weighted by molar-refractivity contribution is 6.13. The highest BCUT2D eigenvalue weighted by Gasteiger charge is 2.41. The lowest BCUT2D eigenvalue weighted by Crippen LogP contribution is -2.49. The largest absolute Gasteiger partial charge is 0.323 e. The Labute approximate surface area is 288 Å². The predicted molar refractivity (Wildman–Crippen MR) is 203 cm³/mol. The number of fused-ring (bicyclic) bond motifs is 13. The molecule has 1 N–H and O–H groups in total. The van der Waals surface area contributed by atoms with Crippen molar-refractivity contribution < 1.29 is 6.22 Å². The average Bonchev–Trinajstić information content (AvgIpc) is 3.53. The SMILES string of the molecule is O=C1NC2=c3c(c4ccccc4n3-c3nc(-c4ccccc4)c4ccc5ccccc5c4n3)=C3C=CC=CC3C2c2ccc3ccccc3c21.[HH]. The van der Waals surface area contributed by atoms with Crippen LogP contribution >= 0.6 is 0 Å². The summed E-state index contributed by atoms with van der Waals surface area (Å²) in [5.41, 5.74) is 7.71. The van der Waals surface area contributed by atoms with Crippen molar-refractivity contribution in [3.8, 4) is 17.2 Å². The molecule has 0 bridgehead atoms. The molecule has 0 saturated carbocycles. The van der Waals surface area contributed by atoms with E-state index in [4.69, 9.17) is 9.97 Å². The molecule has 8 aromatic rings. The van der Waals surface area contributed by atoms with Crippen LogP contribution in [0.2, 0.25) is 0 Å². The summed E-state index contributed by atoms with van der Waals surface area (Å²) in [7, 11) is 0. The molecule has 2 aliphatic carbocycles. The van der Waals surface area contributed by atoms with Crippen LogP contribution in [0.15, 0.2) is 152 Å². The van der Waals surface area contributed by atoms with E-state index in [1.807, 2.05) is 18.2 Å². The van der Waals surface area contributed by atoms with Crippen molar-refractivity contribution in [1.82, 2.24) is 19.9 Å². The van der Waals surface area contributed by atoms with Gasteiger partial charge < -0.3 is 5.32 Å². The minimum absolute atomic E-state index is 0. The highest BCUT2D eigenvalue weighted by atomic mass is 16.1. The maximum atomic E-state index is 14.3. The summed E-state index contributed by atoms with van der Waals surface area (Å²) in [6, 6.07) is 44.0. The second kappa shape index (κ2) is 10.2. The molecule has 2 unspecified atom stereocenters. The summed E-state index contributed by atoms with van der Waals surface area (Å²) < 4.78 is 2.20.